The second kappa shape index (κ2) is 12.9. The normalized spacial score (nSPS) is 11.6. The highest BCUT2D eigenvalue weighted by atomic mass is 32.1. The zero-order valence-electron chi connectivity index (χ0n) is 29.8. The van der Waals surface area contributed by atoms with Gasteiger partial charge in [0, 0.05) is 42.3 Å². The third-order valence-electron chi connectivity index (χ3n) is 10.9. The van der Waals surface area contributed by atoms with Crippen molar-refractivity contribution in [3.63, 3.8) is 0 Å². The second-order valence-corrected chi connectivity index (χ2v) is 15.1. The summed E-state index contributed by atoms with van der Waals surface area (Å²) in [4.78, 5) is 2.36. The van der Waals surface area contributed by atoms with Gasteiger partial charge in [-0.1, -0.05) is 146 Å². The van der Waals surface area contributed by atoms with E-state index in [2.05, 4.69) is 199 Å². The third-order valence-corrected chi connectivity index (χ3v) is 12.0. The standard InChI is InChI=1S/C52H33NOS/c1-2-12-34(13-3-1)42-30-29-39(33-46(42)37-26-31-51-47(32-37)44-18-7-9-23-50(44)55-51)53(48-21-11-20-45-43-17-6-8-22-49(43)54-52(45)48)38-27-24-36(25-28-38)41-19-10-15-35-14-4-5-16-40(35)41/h1-33H. The molecule has 0 bridgehead atoms. The van der Waals surface area contributed by atoms with Crippen LogP contribution in [0.1, 0.15) is 0 Å². The lowest BCUT2D eigenvalue weighted by Crippen LogP contribution is -2.10. The molecule has 0 aliphatic carbocycles. The van der Waals surface area contributed by atoms with Crippen molar-refractivity contribution in [1.82, 2.24) is 0 Å². The van der Waals surface area contributed by atoms with Crippen LogP contribution in [0.4, 0.5) is 17.1 Å². The van der Waals surface area contributed by atoms with Gasteiger partial charge in [-0.2, -0.15) is 0 Å². The topological polar surface area (TPSA) is 16.4 Å². The molecule has 0 spiro atoms. The Kier molecular flexibility index (Phi) is 7.39. The van der Waals surface area contributed by atoms with Gasteiger partial charge < -0.3 is 9.32 Å². The van der Waals surface area contributed by atoms with Crippen LogP contribution in [0.25, 0.3) is 86.3 Å². The summed E-state index contributed by atoms with van der Waals surface area (Å²) in [6, 6.07) is 72.2. The predicted molar refractivity (Wildman–Crippen MR) is 235 cm³/mol. The van der Waals surface area contributed by atoms with Crippen LogP contribution < -0.4 is 4.90 Å². The number of para-hydroxylation sites is 2. The third kappa shape index (κ3) is 5.32. The van der Waals surface area contributed by atoms with E-state index in [1.54, 1.807) is 0 Å². The Hall–Kier alpha value is -6.94. The lowest BCUT2D eigenvalue weighted by atomic mass is 9.92. The summed E-state index contributed by atoms with van der Waals surface area (Å²) in [5.41, 5.74) is 12.0. The van der Waals surface area contributed by atoms with Crippen molar-refractivity contribution < 1.29 is 4.42 Å². The average molecular weight is 720 g/mol. The molecule has 258 valence electrons. The lowest BCUT2D eigenvalue weighted by molar-refractivity contribution is 0.669. The van der Waals surface area contributed by atoms with Crippen LogP contribution in [0.15, 0.2) is 205 Å². The molecule has 0 aliphatic rings. The Balaban J connectivity index is 1.14. The first kappa shape index (κ1) is 31.6. The van der Waals surface area contributed by atoms with E-state index in [1.807, 2.05) is 17.4 Å². The molecule has 0 saturated carbocycles. The Morgan fingerprint density at radius 2 is 1.02 bits per heavy atom. The first-order valence-electron chi connectivity index (χ1n) is 18.7. The van der Waals surface area contributed by atoms with Gasteiger partial charge in [-0.25, -0.2) is 0 Å². The van der Waals surface area contributed by atoms with Crippen LogP contribution in [0.2, 0.25) is 0 Å². The molecule has 0 amide bonds. The molecule has 2 nitrogen and oxygen atoms in total. The fourth-order valence-electron chi connectivity index (χ4n) is 8.28. The molecule has 0 saturated heterocycles. The molecule has 9 aromatic carbocycles. The van der Waals surface area contributed by atoms with Gasteiger partial charge in [0.15, 0.2) is 5.58 Å². The molecule has 2 heterocycles. The summed E-state index contributed by atoms with van der Waals surface area (Å²) in [5, 5.41) is 7.28. The van der Waals surface area contributed by atoms with Crippen molar-refractivity contribution in [1.29, 1.82) is 0 Å². The van der Waals surface area contributed by atoms with E-state index in [0.29, 0.717) is 0 Å². The maximum atomic E-state index is 6.70. The molecule has 55 heavy (non-hydrogen) atoms. The molecule has 0 N–H and O–H groups in total. The van der Waals surface area contributed by atoms with Crippen LogP contribution in [-0.4, -0.2) is 0 Å². The van der Waals surface area contributed by atoms with E-state index in [1.165, 1.54) is 64.3 Å². The monoisotopic (exact) mass is 719 g/mol. The highest BCUT2D eigenvalue weighted by molar-refractivity contribution is 7.25. The zero-order valence-corrected chi connectivity index (χ0v) is 30.6. The van der Waals surface area contributed by atoms with Gasteiger partial charge in [-0.15, -0.1) is 11.3 Å². The van der Waals surface area contributed by atoms with Gasteiger partial charge in [0.2, 0.25) is 0 Å². The Morgan fingerprint density at radius 3 is 1.91 bits per heavy atom. The van der Waals surface area contributed by atoms with E-state index in [9.17, 15) is 0 Å². The van der Waals surface area contributed by atoms with E-state index < -0.39 is 0 Å². The van der Waals surface area contributed by atoms with Gasteiger partial charge >= 0.3 is 0 Å². The van der Waals surface area contributed by atoms with Crippen molar-refractivity contribution in [2.75, 3.05) is 4.90 Å². The minimum absolute atomic E-state index is 0.863. The molecule has 11 rings (SSSR count). The van der Waals surface area contributed by atoms with Gasteiger partial charge in [0.05, 0.1) is 5.69 Å². The molecule has 0 aliphatic heterocycles. The minimum atomic E-state index is 0.863. The number of hydrogen-bond donors (Lipinski definition) is 0. The van der Waals surface area contributed by atoms with Crippen LogP contribution >= 0.6 is 11.3 Å². The molecule has 0 fully saturated rings. The van der Waals surface area contributed by atoms with E-state index in [0.717, 1.165) is 39.0 Å². The summed E-state index contributed by atoms with van der Waals surface area (Å²) in [6.07, 6.45) is 0. The molecule has 0 atom stereocenters. The fourth-order valence-corrected chi connectivity index (χ4v) is 9.36. The zero-order chi connectivity index (χ0) is 36.3. The highest BCUT2D eigenvalue weighted by Crippen LogP contribution is 2.46. The number of nitrogens with zero attached hydrogens (tertiary/aromatic N) is 1. The van der Waals surface area contributed by atoms with Gasteiger partial charge in [-0.3, -0.25) is 0 Å². The molecule has 2 aromatic heterocycles. The molecule has 3 heteroatoms. The van der Waals surface area contributed by atoms with E-state index in [4.69, 9.17) is 4.42 Å². The fraction of sp³-hybridized carbons (Fsp3) is 0. The first-order chi connectivity index (χ1) is 27.3. The number of hydrogen-bond acceptors (Lipinski definition) is 3. The van der Waals surface area contributed by atoms with Crippen LogP contribution in [0.3, 0.4) is 0 Å². The Bertz CT molecular complexity index is 3200. The summed E-state index contributed by atoms with van der Waals surface area (Å²) in [5.74, 6) is 0. The predicted octanol–water partition coefficient (Wildman–Crippen LogP) is 15.6. The molecule has 0 radical (unpaired) electrons. The van der Waals surface area contributed by atoms with Crippen molar-refractivity contribution in [2.24, 2.45) is 0 Å². The van der Waals surface area contributed by atoms with Crippen molar-refractivity contribution in [2.45, 2.75) is 0 Å². The van der Waals surface area contributed by atoms with Crippen molar-refractivity contribution >= 4 is 81.3 Å². The minimum Gasteiger partial charge on any atom is -0.454 e. The van der Waals surface area contributed by atoms with Gasteiger partial charge in [0.1, 0.15) is 5.58 Å². The molecular weight excluding hydrogens is 687 g/mol. The maximum Gasteiger partial charge on any atom is 0.159 e. The smallest absolute Gasteiger partial charge is 0.159 e. The van der Waals surface area contributed by atoms with Gasteiger partial charge in [-0.05, 0) is 98.8 Å². The van der Waals surface area contributed by atoms with E-state index >= 15 is 0 Å². The van der Waals surface area contributed by atoms with Crippen LogP contribution in [-0.2, 0) is 0 Å². The quantitative estimate of drug-likeness (QED) is 0.170. The SMILES string of the molecule is c1ccc(-c2ccc(N(c3ccc(-c4cccc5ccccc45)cc3)c3cccc4c3oc3ccccc34)cc2-c2ccc3sc4ccccc4c3c2)cc1. The first-order valence-corrected chi connectivity index (χ1v) is 19.5. The maximum absolute atomic E-state index is 6.70. The summed E-state index contributed by atoms with van der Waals surface area (Å²) < 4.78 is 9.30. The van der Waals surface area contributed by atoms with Gasteiger partial charge in [0.25, 0.3) is 0 Å². The number of rotatable bonds is 6. The molecular formula is C52H33NOS. The summed E-state index contributed by atoms with van der Waals surface area (Å²) in [7, 11) is 0. The number of benzene rings is 9. The molecule has 11 aromatic rings. The van der Waals surface area contributed by atoms with Crippen LogP contribution in [0.5, 0.6) is 0 Å². The number of furan rings is 1. The Morgan fingerprint density at radius 1 is 0.364 bits per heavy atom. The summed E-state index contributed by atoms with van der Waals surface area (Å²) >= 11 is 1.85. The number of fused-ring (bicyclic) bond motifs is 7. The number of thiophene rings is 1. The lowest BCUT2D eigenvalue weighted by Gasteiger charge is -2.27. The van der Waals surface area contributed by atoms with Crippen molar-refractivity contribution in [3.8, 4) is 33.4 Å². The van der Waals surface area contributed by atoms with Crippen molar-refractivity contribution in [3.05, 3.63) is 200 Å². The number of anilines is 3. The van der Waals surface area contributed by atoms with Crippen LogP contribution in [0, 0.1) is 0 Å². The Labute approximate surface area is 322 Å². The second-order valence-electron chi connectivity index (χ2n) is 14.1. The average Bonchev–Trinajstić information content (AvgIpc) is 3.83. The highest BCUT2D eigenvalue weighted by Gasteiger charge is 2.21. The summed E-state index contributed by atoms with van der Waals surface area (Å²) in [6.45, 7) is 0. The largest absolute Gasteiger partial charge is 0.454 e. The van der Waals surface area contributed by atoms with E-state index in [-0.39, 0.29) is 0 Å². The molecule has 0 unspecified atom stereocenters.